The van der Waals surface area contributed by atoms with Gasteiger partial charge in [-0.1, -0.05) is 13.0 Å². The van der Waals surface area contributed by atoms with Gasteiger partial charge in [-0.15, -0.1) is 13.2 Å². The Labute approximate surface area is 134 Å². The third-order valence-electron chi connectivity index (χ3n) is 3.67. The first-order chi connectivity index (χ1) is 10.9. The van der Waals surface area contributed by atoms with Crippen LogP contribution in [-0.4, -0.2) is 43.3 Å². The average Bonchev–Trinajstić information content (AvgIpc) is 2.82. The van der Waals surface area contributed by atoms with Crippen LogP contribution in [0.2, 0.25) is 0 Å². The van der Waals surface area contributed by atoms with E-state index in [0.717, 1.165) is 16.4 Å². The summed E-state index contributed by atoms with van der Waals surface area (Å²) in [5, 5.41) is 9.02. The van der Waals surface area contributed by atoms with E-state index in [9.17, 15) is 30.8 Å². The van der Waals surface area contributed by atoms with E-state index in [1.54, 1.807) is 0 Å². The van der Waals surface area contributed by atoms with Gasteiger partial charge in [-0.3, -0.25) is 4.79 Å². The summed E-state index contributed by atoms with van der Waals surface area (Å²) in [6, 6.07) is 2.35. The van der Waals surface area contributed by atoms with Crippen LogP contribution < -0.4 is 4.74 Å². The van der Waals surface area contributed by atoms with Gasteiger partial charge in [0.2, 0.25) is 10.0 Å². The van der Waals surface area contributed by atoms with Crippen molar-refractivity contribution in [3.8, 4) is 5.75 Å². The molecule has 0 aromatic heterocycles. The Morgan fingerprint density at radius 2 is 1.96 bits per heavy atom. The van der Waals surface area contributed by atoms with Gasteiger partial charge in [-0.25, -0.2) is 12.8 Å². The second kappa shape index (κ2) is 6.20. The highest BCUT2D eigenvalue weighted by atomic mass is 32.2. The Hall–Kier alpha value is -1.88. The van der Waals surface area contributed by atoms with Crippen molar-refractivity contribution in [3.05, 3.63) is 24.0 Å². The standard InChI is InChI=1S/C13H13F4NO5S/c1-7-5-18(6-8(7)12(19)20)24(21,22)10-4-2-3-9(11(10)14)23-13(15,16)17/h2-4,7-8H,5-6H2,1H3,(H,19,20)/t7-,8-/m1/s1. The number of rotatable bonds is 4. The lowest BCUT2D eigenvalue weighted by Gasteiger charge is -2.18. The summed E-state index contributed by atoms with van der Waals surface area (Å²) >= 11 is 0. The van der Waals surface area contributed by atoms with E-state index in [1.807, 2.05) is 0 Å². The van der Waals surface area contributed by atoms with Crippen LogP contribution in [0.5, 0.6) is 5.75 Å². The number of alkyl halides is 3. The number of carboxylic acids is 1. The van der Waals surface area contributed by atoms with Gasteiger partial charge in [0.15, 0.2) is 11.6 Å². The van der Waals surface area contributed by atoms with E-state index >= 15 is 0 Å². The molecule has 0 bridgehead atoms. The van der Waals surface area contributed by atoms with Crippen LogP contribution in [0.15, 0.2) is 23.1 Å². The van der Waals surface area contributed by atoms with Crippen molar-refractivity contribution in [1.29, 1.82) is 0 Å². The molecule has 6 nitrogen and oxygen atoms in total. The first kappa shape index (κ1) is 18.5. The Morgan fingerprint density at radius 1 is 1.33 bits per heavy atom. The molecule has 0 radical (unpaired) electrons. The van der Waals surface area contributed by atoms with Crippen LogP contribution in [0.4, 0.5) is 17.6 Å². The predicted octanol–water partition coefficient (Wildman–Crippen LogP) is 2.07. The van der Waals surface area contributed by atoms with Gasteiger partial charge in [0.05, 0.1) is 5.92 Å². The monoisotopic (exact) mass is 371 g/mol. The van der Waals surface area contributed by atoms with Crippen molar-refractivity contribution in [2.24, 2.45) is 11.8 Å². The lowest BCUT2D eigenvalue weighted by molar-refractivity contribution is -0.275. The van der Waals surface area contributed by atoms with Crippen molar-refractivity contribution in [2.75, 3.05) is 13.1 Å². The van der Waals surface area contributed by atoms with Gasteiger partial charge in [-0.05, 0) is 18.1 Å². The number of sulfonamides is 1. The molecule has 0 aliphatic carbocycles. The molecule has 1 aromatic rings. The minimum Gasteiger partial charge on any atom is -0.481 e. The fourth-order valence-electron chi connectivity index (χ4n) is 2.47. The maximum Gasteiger partial charge on any atom is 0.573 e. The molecule has 1 heterocycles. The zero-order valence-electron chi connectivity index (χ0n) is 12.2. The molecule has 0 spiro atoms. The summed E-state index contributed by atoms with van der Waals surface area (Å²) in [5.41, 5.74) is 0. The van der Waals surface area contributed by atoms with Crippen molar-refractivity contribution in [2.45, 2.75) is 18.2 Å². The molecule has 134 valence electrons. The maximum atomic E-state index is 14.2. The number of ether oxygens (including phenoxy) is 1. The van der Waals surface area contributed by atoms with E-state index in [-0.39, 0.29) is 13.1 Å². The summed E-state index contributed by atoms with van der Waals surface area (Å²) in [5.74, 6) is -5.64. The quantitative estimate of drug-likeness (QED) is 0.820. The summed E-state index contributed by atoms with van der Waals surface area (Å²) in [6.07, 6.45) is -5.18. The summed E-state index contributed by atoms with van der Waals surface area (Å²) in [6.45, 7) is 0.958. The number of carboxylic acid groups (broad SMARTS) is 1. The van der Waals surface area contributed by atoms with E-state index in [0.29, 0.717) is 6.07 Å². The molecule has 0 saturated carbocycles. The largest absolute Gasteiger partial charge is 0.573 e. The van der Waals surface area contributed by atoms with Gasteiger partial charge in [0.1, 0.15) is 4.90 Å². The minimum atomic E-state index is -5.18. The van der Waals surface area contributed by atoms with Crippen LogP contribution in [0, 0.1) is 17.7 Å². The van der Waals surface area contributed by atoms with Crippen molar-refractivity contribution < 1.29 is 40.6 Å². The Balaban J connectivity index is 2.37. The fourth-order valence-corrected chi connectivity index (χ4v) is 4.12. The van der Waals surface area contributed by atoms with Gasteiger partial charge in [0.25, 0.3) is 0 Å². The number of aliphatic carboxylic acids is 1. The number of halogens is 4. The van der Waals surface area contributed by atoms with Gasteiger partial charge >= 0.3 is 12.3 Å². The normalized spacial score (nSPS) is 22.5. The second-order valence-corrected chi connectivity index (χ2v) is 7.27. The molecule has 1 saturated heterocycles. The number of benzene rings is 1. The molecule has 1 aliphatic heterocycles. The van der Waals surface area contributed by atoms with Crippen LogP contribution in [0.3, 0.4) is 0 Å². The van der Waals surface area contributed by atoms with Crippen LogP contribution in [0.25, 0.3) is 0 Å². The van der Waals surface area contributed by atoms with Crippen molar-refractivity contribution >= 4 is 16.0 Å². The fraction of sp³-hybridized carbons (Fsp3) is 0.462. The first-order valence-electron chi connectivity index (χ1n) is 6.70. The number of hydrogen-bond donors (Lipinski definition) is 1. The molecule has 1 N–H and O–H groups in total. The van der Waals surface area contributed by atoms with Crippen LogP contribution in [0.1, 0.15) is 6.92 Å². The molecule has 1 aromatic carbocycles. The van der Waals surface area contributed by atoms with Gasteiger partial charge in [0, 0.05) is 13.1 Å². The Bertz CT molecular complexity index is 749. The Morgan fingerprint density at radius 3 is 2.46 bits per heavy atom. The summed E-state index contributed by atoms with van der Waals surface area (Å²) in [7, 11) is -4.50. The van der Waals surface area contributed by atoms with E-state index in [4.69, 9.17) is 5.11 Å². The van der Waals surface area contributed by atoms with E-state index in [2.05, 4.69) is 4.74 Å². The Kier molecular flexibility index (Phi) is 4.77. The molecule has 11 heteroatoms. The lowest BCUT2D eigenvalue weighted by atomic mass is 9.99. The summed E-state index contributed by atoms with van der Waals surface area (Å²) < 4.78 is 79.9. The highest BCUT2D eigenvalue weighted by Crippen LogP contribution is 2.33. The van der Waals surface area contributed by atoms with Crippen molar-refractivity contribution in [1.82, 2.24) is 4.31 Å². The average molecular weight is 371 g/mol. The second-order valence-electron chi connectivity index (χ2n) is 5.36. The molecule has 24 heavy (non-hydrogen) atoms. The SMILES string of the molecule is C[C@@H]1CN(S(=O)(=O)c2cccc(OC(F)(F)F)c2F)C[C@H]1C(=O)O. The highest BCUT2D eigenvalue weighted by Gasteiger charge is 2.42. The number of nitrogens with zero attached hydrogens (tertiary/aromatic N) is 1. The highest BCUT2D eigenvalue weighted by molar-refractivity contribution is 7.89. The van der Waals surface area contributed by atoms with E-state index < -0.39 is 50.7 Å². The van der Waals surface area contributed by atoms with Crippen LogP contribution >= 0.6 is 0 Å². The lowest BCUT2D eigenvalue weighted by Crippen LogP contribution is -2.31. The molecular formula is C13H13F4NO5S. The zero-order chi connectivity index (χ0) is 18.3. The zero-order valence-corrected chi connectivity index (χ0v) is 13.1. The maximum absolute atomic E-state index is 14.2. The molecule has 0 unspecified atom stereocenters. The molecule has 1 fully saturated rings. The van der Waals surface area contributed by atoms with Crippen LogP contribution in [-0.2, 0) is 14.8 Å². The molecular weight excluding hydrogens is 358 g/mol. The number of hydrogen-bond acceptors (Lipinski definition) is 4. The number of carbonyl (C=O) groups is 1. The van der Waals surface area contributed by atoms with E-state index in [1.165, 1.54) is 6.92 Å². The van der Waals surface area contributed by atoms with Crippen molar-refractivity contribution in [3.63, 3.8) is 0 Å². The third kappa shape index (κ3) is 3.61. The predicted molar refractivity (Wildman–Crippen MR) is 72.1 cm³/mol. The molecule has 2 rings (SSSR count). The third-order valence-corrected chi connectivity index (χ3v) is 5.52. The molecule has 0 amide bonds. The first-order valence-corrected chi connectivity index (χ1v) is 8.14. The molecule has 1 aliphatic rings. The summed E-state index contributed by atoms with van der Waals surface area (Å²) in [4.78, 5) is 10.1. The van der Waals surface area contributed by atoms with Gasteiger partial charge < -0.3 is 9.84 Å². The van der Waals surface area contributed by atoms with Gasteiger partial charge in [-0.2, -0.15) is 4.31 Å². The smallest absolute Gasteiger partial charge is 0.481 e. The minimum absolute atomic E-state index is 0.177. The topological polar surface area (TPSA) is 83.9 Å². The molecule has 2 atom stereocenters.